The van der Waals surface area contributed by atoms with Crippen molar-refractivity contribution < 1.29 is 5.11 Å². The zero-order chi connectivity index (χ0) is 13.7. The topological polar surface area (TPSA) is 46.2 Å². The second kappa shape index (κ2) is 6.85. The Morgan fingerprint density at radius 3 is 2.32 bits per heavy atom. The zero-order valence-electron chi connectivity index (χ0n) is 10.4. The van der Waals surface area contributed by atoms with Crippen LogP contribution in [0.15, 0.2) is 48.5 Å². The molecule has 1 unspecified atom stereocenters. The minimum atomic E-state index is -0.460. The van der Waals surface area contributed by atoms with E-state index in [1.165, 1.54) is 5.56 Å². The monoisotopic (exact) mass is 293 g/mol. The molecule has 2 nitrogen and oxygen atoms in total. The van der Waals surface area contributed by atoms with Crippen molar-refractivity contribution in [2.75, 3.05) is 11.5 Å². The second-order valence-corrected chi connectivity index (χ2v) is 5.79. The van der Waals surface area contributed by atoms with Gasteiger partial charge < -0.3 is 10.8 Å². The Morgan fingerprint density at radius 1 is 1.05 bits per heavy atom. The maximum Gasteiger partial charge on any atom is 0.0880 e. The molecule has 0 aliphatic rings. The van der Waals surface area contributed by atoms with Crippen LogP contribution in [0.4, 0.5) is 5.69 Å². The Hall–Kier alpha value is -1.16. The smallest absolute Gasteiger partial charge is 0.0880 e. The number of anilines is 1. The van der Waals surface area contributed by atoms with Crippen molar-refractivity contribution in [2.24, 2.45) is 0 Å². The molecule has 0 saturated carbocycles. The van der Waals surface area contributed by atoms with Gasteiger partial charge in [-0.3, -0.25) is 0 Å². The molecule has 0 spiro atoms. The van der Waals surface area contributed by atoms with Crippen LogP contribution >= 0.6 is 23.4 Å². The van der Waals surface area contributed by atoms with E-state index in [0.717, 1.165) is 16.3 Å². The summed E-state index contributed by atoms with van der Waals surface area (Å²) in [5.74, 6) is 1.52. The molecular formula is C15H16ClNOS. The van der Waals surface area contributed by atoms with Crippen molar-refractivity contribution >= 4 is 29.1 Å². The highest BCUT2D eigenvalue weighted by Gasteiger charge is 2.07. The van der Waals surface area contributed by atoms with Crippen LogP contribution in [0.25, 0.3) is 0 Å². The fraction of sp³-hybridized carbons (Fsp3) is 0.200. The lowest BCUT2D eigenvalue weighted by atomic mass is 10.1. The van der Waals surface area contributed by atoms with Crippen molar-refractivity contribution in [3.63, 3.8) is 0 Å². The summed E-state index contributed by atoms with van der Waals surface area (Å²) in [6, 6.07) is 15.1. The quantitative estimate of drug-likeness (QED) is 0.822. The van der Waals surface area contributed by atoms with Gasteiger partial charge in [0.1, 0.15) is 0 Å². The van der Waals surface area contributed by atoms with Crippen LogP contribution < -0.4 is 5.73 Å². The lowest BCUT2D eigenvalue weighted by Gasteiger charge is -2.11. The third kappa shape index (κ3) is 4.46. The molecule has 0 heterocycles. The number of nitrogens with two attached hydrogens (primary N) is 1. The summed E-state index contributed by atoms with van der Waals surface area (Å²) in [5, 5.41) is 10.8. The first-order chi connectivity index (χ1) is 9.15. The molecule has 0 saturated heterocycles. The van der Waals surface area contributed by atoms with Crippen LogP contribution in [0.1, 0.15) is 17.2 Å². The number of thioether (sulfide) groups is 1. The summed E-state index contributed by atoms with van der Waals surface area (Å²) >= 11 is 7.53. The van der Waals surface area contributed by atoms with Crippen LogP contribution in [0.2, 0.25) is 5.02 Å². The summed E-state index contributed by atoms with van der Waals surface area (Å²) in [7, 11) is 0. The summed E-state index contributed by atoms with van der Waals surface area (Å²) in [4.78, 5) is 0. The molecule has 19 heavy (non-hydrogen) atoms. The van der Waals surface area contributed by atoms with Crippen molar-refractivity contribution in [1.82, 2.24) is 0 Å². The summed E-state index contributed by atoms with van der Waals surface area (Å²) in [6.45, 7) is 0. The van der Waals surface area contributed by atoms with Gasteiger partial charge in [0.2, 0.25) is 0 Å². The van der Waals surface area contributed by atoms with Crippen LogP contribution in [0.3, 0.4) is 0 Å². The van der Waals surface area contributed by atoms with E-state index in [9.17, 15) is 5.11 Å². The van der Waals surface area contributed by atoms with Crippen molar-refractivity contribution in [3.05, 3.63) is 64.7 Å². The summed E-state index contributed by atoms with van der Waals surface area (Å²) in [6.07, 6.45) is -0.460. The van der Waals surface area contributed by atoms with Gasteiger partial charge in [-0.25, -0.2) is 0 Å². The maximum absolute atomic E-state index is 10.1. The van der Waals surface area contributed by atoms with E-state index < -0.39 is 6.10 Å². The van der Waals surface area contributed by atoms with Crippen molar-refractivity contribution in [1.29, 1.82) is 0 Å². The number of benzene rings is 2. The molecule has 2 rings (SSSR count). The van der Waals surface area contributed by atoms with Gasteiger partial charge in [-0.05, 0) is 35.4 Å². The minimum absolute atomic E-state index is 0.460. The molecule has 0 fully saturated rings. The van der Waals surface area contributed by atoms with E-state index >= 15 is 0 Å². The Labute approximate surface area is 122 Å². The van der Waals surface area contributed by atoms with Gasteiger partial charge in [-0.15, -0.1) is 0 Å². The average Bonchev–Trinajstić information content (AvgIpc) is 2.41. The Morgan fingerprint density at radius 2 is 1.68 bits per heavy atom. The summed E-state index contributed by atoms with van der Waals surface area (Å²) < 4.78 is 0. The van der Waals surface area contributed by atoms with Gasteiger partial charge in [-0.1, -0.05) is 35.9 Å². The van der Waals surface area contributed by atoms with Crippen LogP contribution in [0, 0.1) is 0 Å². The normalized spacial score (nSPS) is 12.3. The average molecular weight is 294 g/mol. The highest BCUT2D eigenvalue weighted by Crippen LogP contribution is 2.22. The van der Waals surface area contributed by atoms with E-state index in [0.29, 0.717) is 11.4 Å². The number of nitrogen functional groups attached to an aromatic ring is 1. The molecule has 0 amide bonds. The van der Waals surface area contributed by atoms with Crippen LogP contribution in [-0.4, -0.2) is 10.9 Å². The van der Waals surface area contributed by atoms with E-state index in [4.69, 9.17) is 17.3 Å². The van der Waals surface area contributed by atoms with Crippen molar-refractivity contribution in [3.8, 4) is 0 Å². The minimum Gasteiger partial charge on any atom is -0.399 e. The third-order valence-corrected chi connectivity index (χ3v) is 4.12. The highest BCUT2D eigenvalue weighted by atomic mass is 35.5. The first-order valence-corrected chi connectivity index (χ1v) is 7.54. The van der Waals surface area contributed by atoms with Gasteiger partial charge in [0.15, 0.2) is 0 Å². The SMILES string of the molecule is Nc1ccc(C(O)CSCc2ccc(Cl)cc2)cc1. The largest absolute Gasteiger partial charge is 0.399 e. The van der Waals surface area contributed by atoms with Gasteiger partial charge in [0.25, 0.3) is 0 Å². The molecule has 3 N–H and O–H groups in total. The van der Waals surface area contributed by atoms with E-state index in [-0.39, 0.29) is 0 Å². The van der Waals surface area contributed by atoms with Crippen molar-refractivity contribution in [2.45, 2.75) is 11.9 Å². The van der Waals surface area contributed by atoms with Crippen LogP contribution in [-0.2, 0) is 5.75 Å². The number of aliphatic hydroxyl groups excluding tert-OH is 1. The molecule has 2 aromatic carbocycles. The van der Waals surface area contributed by atoms with Gasteiger partial charge in [0.05, 0.1) is 6.10 Å². The standard InChI is InChI=1S/C15H16ClNOS/c16-13-5-1-11(2-6-13)9-19-10-15(18)12-3-7-14(17)8-4-12/h1-8,15,18H,9-10,17H2. The maximum atomic E-state index is 10.1. The number of rotatable bonds is 5. The van der Waals surface area contributed by atoms with E-state index in [1.54, 1.807) is 11.8 Å². The second-order valence-electron chi connectivity index (χ2n) is 4.32. The fourth-order valence-electron chi connectivity index (χ4n) is 1.68. The van der Waals surface area contributed by atoms with Gasteiger partial charge in [0, 0.05) is 22.2 Å². The van der Waals surface area contributed by atoms with Crippen LogP contribution in [0.5, 0.6) is 0 Å². The Bertz CT molecular complexity index is 513. The number of hydrogen-bond acceptors (Lipinski definition) is 3. The van der Waals surface area contributed by atoms with E-state index in [1.807, 2.05) is 48.5 Å². The molecule has 4 heteroatoms. The number of halogens is 1. The predicted octanol–water partition coefficient (Wildman–Crippen LogP) is 3.89. The molecule has 100 valence electrons. The number of aliphatic hydroxyl groups is 1. The lowest BCUT2D eigenvalue weighted by molar-refractivity contribution is 0.204. The zero-order valence-corrected chi connectivity index (χ0v) is 12.0. The molecule has 2 aromatic rings. The molecular weight excluding hydrogens is 278 g/mol. The summed E-state index contributed by atoms with van der Waals surface area (Å²) in [5.41, 5.74) is 8.44. The van der Waals surface area contributed by atoms with Gasteiger partial charge >= 0.3 is 0 Å². The third-order valence-electron chi connectivity index (χ3n) is 2.78. The fourth-order valence-corrected chi connectivity index (χ4v) is 2.77. The van der Waals surface area contributed by atoms with E-state index in [2.05, 4.69) is 0 Å². The molecule has 0 aliphatic heterocycles. The Balaban J connectivity index is 1.82. The Kier molecular flexibility index (Phi) is 5.14. The molecule has 0 aliphatic carbocycles. The number of hydrogen-bond donors (Lipinski definition) is 2. The highest BCUT2D eigenvalue weighted by molar-refractivity contribution is 7.98. The predicted molar refractivity (Wildman–Crippen MR) is 83.4 cm³/mol. The first-order valence-electron chi connectivity index (χ1n) is 6.01. The lowest BCUT2D eigenvalue weighted by Crippen LogP contribution is -2.01. The molecule has 0 bridgehead atoms. The molecule has 0 aromatic heterocycles. The molecule has 1 atom stereocenters. The molecule has 0 radical (unpaired) electrons. The van der Waals surface area contributed by atoms with Gasteiger partial charge in [-0.2, -0.15) is 11.8 Å². The first kappa shape index (κ1) is 14.3.